The first-order valence-electron chi connectivity index (χ1n) is 8.98. The van der Waals surface area contributed by atoms with E-state index >= 15 is 0 Å². The van der Waals surface area contributed by atoms with Crippen molar-refractivity contribution in [2.45, 2.75) is 77.6 Å². The molecule has 0 amide bonds. The third-order valence-corrected chi connectivity index (χ3v) is 5.69. The van der Waals surface area contributed by atoms with Crippen LogP contribution in [-0.4, -0.2) is 6.54 Å². The molecule has 118 valence electrons. The molecular weight excluding hydrogens is 254 g/mol. The molecule has 0 aliphatic heterocycles. The number of nitrogens with two attached hydrogens (primary N) is 1. The van der Waals surface area contributed by atoms with Gasteiger partial charge in [0, 0.05) is 0 Å². The van der Waals surface area contributed by atoms with Crippen molar-refractivity contribution in [3.05, 3.63) is 35.4 Å². The van der Waals surface area contributed by atoms with Crippen LogP contribution < -0.4 is 5.73 Å². The van der Waals surface area contributed by atoms with Crippen molar-refractivity contribution in [2.75, 3.05) is 6.54 Å². The van der Waals surface area contributed by atoms with Crippen LogP contribution in [0.25, 0.3) is 0 Å². The summed E-state index contributed by atoms with van der Waals surface area (Å²) in [7, 11) is 0. The number of hydrogen-bond acceptors (Lipinski definition) is 1. The molecule has 0 heterocycles. The summed E-state index contributed by atoms with van der Waals surface area (Å²) in [5.41, 5.74) is 9.41. The Kier molecular flexibility index (Phi) is 6.29. The molecule has 1 saturated carbocycles. The summed E-state index contributed by atoms with van der Waals surface area (Å²) in [6.45, 7) is 5.43. The van der Waals surface area contributed by atoms with Gasteiger partial charge in [0.25, 0.3) is 0 Å². The van der Waals surface area contributed by atoms with E-state index in [0.717, 1.165) is 6.54 Å². The summed E-state index contributed by atoms with van der Waals surface area (Å²) in [6, 6.07) is 9.36. The highest BCUT2D eigenvalue weighted by Crippen LogP contribution is 2.42. The van der Waals surface area contributed by atoms with Crippen LogP contribution in [0.3, 0.4) is 0 Å². The van der Waals surface area contributed by atoms with Gasteiger partial charge in [-0.3, -0.25) is 0 Å². The summed E-state index contributed by atoms with van der Waals surface area (Å²) in [6.07, 6.45) is 12.0. The highest BCUT2D eigenvalue weighted by Gasteiger charge is 2.30. The molecule has 1 nitrogen and oxygen atoms in total. The van der Waals surface area contributed by atoms with Gasteiger partial charge in [0.05, 0.1) is 0 Å². The van der Waals surface area contributed by atoms with Crippen molar-refractivity contribution in [2.24, 2.45) is 11.1 Å². The van der Waals surface area contributed by atoms with Crippen molar-refractivity contribution < 1.29 is 0 Å². The summed E-state index contributed by atoms with van der Waals surface area (Å²) in [5.74, 6) is 0.681. The van der Waals surface area contributed by atoms with Gasteiger partial charge in [0.2, 0.25) is 0 Å². The average molecular weight is 287 g/mol. The lowest BCUT2D eigenvalue weighted by Gasteiger charge is -2.37. The lowest BCUT2D eigenvalue weighted by molar-refractivity contribution is 0.161. The first-order chi connectivity index (χ1) is 10.2. The van der Waals surface area contributed by atoms with Crippen molar-refractivity contribution in [1.82, 2.24) is 0 Å². The van der Waals surface area contributed by atoms with E-state index in [1.54, 1.807) is 0 Å². The minimum Gasteiger partial charge on any atom is -0.330 e. The molecule has 0 aromatic heterocycles. The third kappa shape index (κ3) is 4.57. The number of benzene rings is 1. The van der Waals surface area contributed by atoms with E-state index in [2.05, 4.69) is 38.1 Å². The standard InChI is InChI=1S/C20H33N/c1-3-17(2)19-9-7-18(8-10-19)11-14-20(15-16-21)12-5-4-6-13-20/h7-10,17H,3-6,11-16,21H2,1-2H3. The largest absolute Gasteiger partial charge is 0.330 e. The maximum atomic E-state index is 5.88. The van der Waals surface area contributed by atoms with Crippen LogP contribution in [0.15, 0.2) is 24.3 Å². The van der Waals surface area contributed by atoms with Crippen LogP contribution >= 0.6 is 0 Å². The predicted molar refractivity (Wildman–Crippen MR) is 92.7 cm³/mol. The summed E-state index contributed by atoms with van der Waals surface area (Å²) < 4.78 is 0. The van der Waals surface area contributed by atoms with Crippen LogP contribution in [0.1, 0.15) is 82.3 Å². The minimum atomic E-state index is 0.544. The quantitative estimate of drug-likeness (QED) is 0.710. The van der Waals surface area contributed by atoms with Gasteiger partial charge in [0.1, 0.15) is 0 Å². The Balaban J connectivity index is 1.94. The van der Waals surface area contributed by atoms with Gasteiger partial charge >= 0.3 is 0 Å². The Morgan fingerprint density at radius 2 is 1.71 bits per heavy atom. The molecule has 1 atom stereocenters. The summed E-state index contributed by atoms with van der Waals surface area (Å²) >= 11 is 0. The fourth-order valence-corrected chi connectivity index (χ4v) is 3.89. The van der Waals surface area contributed by atoms with Crippen LogP contribution in [0.5, 0.6) is 0 Å². The maximum Gasteiger partial charge on any atom is -0.00720 e. The second kappa shape index (κ2) is 7.98. The normalized spacial score (nSPS) is 19.4. The van der Waals surface area contributed by atoms with Gasteiger partial charge in [0.15, 0.2) is 0 Å². The smallest absolute Gasteiger partial charge is 0.00720 e. The van der Waals surface area contributed by atoms with Gasteiger partial charge < -0.3 is 5.73 Å². The number of hydrogen-bond donors (Lipinski definition) is 1. The first-order valence-corrected chi connectivity index (χ1v) is 8.98. The zero-order valence-corrected chi connectivity index (χ0v) is 14.0. The Bertz CT molecular complexity index is 395. The highest BCUT2D eigenvalue weighted by molar-refractivity contribution is 5.25. The fourth-order valence-electron chi connectivity index (χ4n) is 3.89. The number of rotatable bonds is 7. The van der Waals surface area contributed by atoms with E-state index in [0.29, 0.717) is 11.3 Å². The van der Waals surface area contributed by atoms with Crippen molar-refractivity contribution in [3.63, 3.8) is 0 Å². The molecule has 21 heavy (non-hydrogen) atoms. The zero-order valence-electron chi connectivity index (χ0n) is 14.0. The molecule has 1 aromatic rings. The van der Waals surface area contributed by atoms with Crippen LogP contribution in [0.2, 0.25) is 0 Å². The van der Waals surface area contributed by atoms with E-state index in [4.69, 9.17) is 5.73 Å². The monoisotopic (exact) mass is 287 g/mol. The maximum absolute atomic E-state index is 5.88. The fraction of sp³-hybridized carbons (Fsp3) is 0.700. The molecule has 1 aliphatic rings. The van der Waals surface area contributed by atoms with Crippen LogP contribution in [0.4, 0.5) is 0 Å². The van der Waals surface area contributed by atoms with Crippen LogP contribution in [-0.2, 0) is 6.42 Å². The Hall–Kier alpha value is -0.820. The second-order valence-electron chi connectivity index (χ2n) is 7.15. The lowest BCUT2D eigenvalue weighted by Crippen LogP contribution is -2.28. The molecule has 0 spiro atoms. The molecule has 2 N–H and O–H groups in total. The Morgan fingerprint density at radius 1 is 1.05 bits per heavy atom. The molecule has 1 fully saturated rings. The zero-order chi connectivity index (χ0) is 15.1. The molecule has 2 rings (SSSR count). The van der Waals surface area contributed by atoms with Crippen LogP contribution in [0, 0.1) is 5.41 Å². The summed E-state index contributed by atoms with van der Waals surface area (Å²) in [5, 5.41) is 0. The molecule has 1 aromatic carbocycles. The number of aryl methyl sites for hydroxylation is 1. The topological polar surface area (TPSA) is 26.0 Å². The van der Waals surface area contributed by atoms with E-state index in [9.17, 15) is 0 Å². The molecule has 0 radical (unpaired) electrons. The van der Waals surface area contributed by atoms with Crippen molar-refractivity contribution in [3.8, 4) is 0 Å². The van der Waals surface area contributed by atoms with Gasteiger partial charge in [-0.15, -0.1) is 0 Å². The minimum absolute atomic E-state index is 0.544. The van der Waals surface area contributed by atoms with Gasteiger partial charge in [-0.25, -0.2) is 0 Å². The molecular formula is C20H33N. The van der Waals surface area contributed by atoms with Gasteiger partial charge in [-0.1, -0.05) is 57.4 Å². The van der Waals surface area contributed by atoms with E-state index in [-0.39, 0.29) is 0 Å². The van der Waals surface area contributed by atoms with Gasteiger partial charge in [-0.05, 0) is 67.5 Å². The third-order valence-electron chi connectivity index (χ3n) is 5.69. The highest BCUT2D eigenvalue weighted by atomic mass is 14.5. The lowest BCUT2D eigenvalue weighted by atomic mass is 9.68. The predicted octanol–water partition coefficient (Wildman–Crippen LogP) is 5.43. The van der Waals surface area contributed by atoms with E-state index in [1.165, 1.54) is 68.9 Å². The second-order valence-corrected chi connectivity index (χ2v) is 7.15. The average Bonchev–Trinajstić information content (AvgIpc) is 2.54. The molecule has 1 unspecified atom stereocenters. The van der Waals surface area contributed by atoms with E-state index < -0.39 is 0 Å². The van der Waals surface area contributed by atoms with Gasteiger partial charge in [-0.2, -0.15) is 0 Å². The molecule has 1 aliphatic carbocycles. The van der Waals surface area contributed by atoms with E-state index in [1.807, 2.05) is 0 Å². The first kappa shape index (κ1) is 16.5. The Morgan fingerprint density at radius 3 is 2.29 bits per heavy atom. The molecule has 0 bridgehead atoms. The molecule has 1 heteroatoms. The SMILES string of the molecule is CCC(C)c1ccc(CCC2(CCN)CCCCC2)cc1. The summed E-state index contributed by atoms with van der Waals surface area (Å²) in [4.78, 5) is 0. The van der Waals surface area contributed by atoms with Crippen molar-refractivity contribution in [1.29, 1.82) is 0 Å². The van der Waals surface area contributed by atoms with Crippen molar-refractivity contribution >= 4 is 0 Å². The molecule has 0 saturated heterocycles. The Labute approximate surface area is 131 Å².